The first-order chi connectivity index (χ1) is 7.61. The summed E-state index contributed by atoms with van der Waals surface area (Å²) in [4.78, 5) is 20.6. The molecule has 0 N–H and O–H groups in total. The minimum absolute atomic E-state index is 0.340. The number of carbonyl (C=O) groups excluding carboxylic acids is 1. The van der Waals surface area contributed by atoms with Gasteiger partial charge in [-0.1, -0.05) is 0 Å². The molecule has 0 fully saturated rings. The van der Waals surface area contributed by atoms with Crippen LogP contribution in [0.25, 0.3) is 10.7 Å². The second-order valence-corrected chi connectivity index (χ2v) is 5.24. The van der Waals surface area contributed by atoms with E-state index in [1.54, 1.807) is 18.3 Å². The molecular weight excluding hydrogens is 244 g/mol. The third-order valence-electron chi connectivity index (χ3n) is 2.01. The maximum absolute atomic E-state index is 11.4. The van der Waals surface area contributed by atoms with Gasteiger partial charge < -0.3 is 4.74 Å². The van der Waals surface area contributed by atoms with Crippen LogP contribution >= 0.6 is 22.7 Å². The highest BCUT2D eigenvalue weighted by atomic mass is 32.1. The van der Waals surface area contributed by atoms with Gasteiger partial charge in [-0.25, -0.2) is 14.8 Å². The van der Waals surface area contributed by atoms with Crippen molar-refractivity contribution in [2.75, 3.05) is 7.11 Å². The Labute approximate surface area is 101 Å². The molecule has 0 unspecified atom stereocenters. The second kappa shape index (κ2) is 4.31. The molecule has 0 bridgehead atoms. The number of hydrogen-bond donors (Lipinski definition) is 0. The Morgan fingerprint density at radius 2 is 2.12 bits per heavy atom. The molecule has 2 heterocycles. The van der Waals surface area contributed by atoms with Gasteiger partial charge in [0.15, 0.2) is 0 Å². The lowest BCUT2D eigenvalue weighted by molar-refractivity contribution is 0.0605. The molecule has 0 aliphatic carbocycles. The Morgan fingerprint density at radius 3 is 2.69 bits per heavy atom. The highest BCUT2D eigenvalue weighted by Gasteiger charge is 2.17. The van der Waals surface area contributed by atoms with Crippen LogP contribution in [-0.2, 0) is 4.74 Å². The van der Waals surface area contributed by atoms with Gasteiger partial charge >= 0.3 is 5.97 Å². The number of hydrogen-bond acceptors (Lipinski definition) is 6. The molecule has 0 amide bonds. The van der Waals surface area contributed by atoms with Gasteiger partial charge in [0.1, 0.15) is 15.6 Å². The fourth-order valence-electron chi connectivity index (χ4n) is 1.25. The fraction of sp³-hybridized carbons (Fsp3) is 0.300. The van der Waals surface area contributed by atoms with Gasteiger partial charge in [-0.05, 0) is 13.8 Å². The second-order valence-electron chi connectivity index (χ2n) is 3.18. The zero-order valence-corrected chi connectivity index (χ0v) is 10.7. The SMILES string of the molecule is COC(=O)c1sc(-c2csc(C)n2)nc1C. The van der Waals surface area contributed by atoms with E-state index in [2.05, 4.69) is 14.7 Å². The summed E-state index contributed by atoms with van der Waals surface area (Å²) < 4.78 is 4.69. The quantitative estimate of drug-likeness (QED) is 0.773. The molecule has 0 aromatic carbocycles. The van der Waals surface area contributed by atoms with E-state index in [4.69, 9.17) is 0 Å². The van der Waals surface area contributed by atoms with Gasteiger partial charge in [0.25, 0.3) is 0 Å². The molecule has 0 saturated heterocycles. The normalized spacial score (nSPS) is 10.4. The summed E-state index contributed by atoms with van der Waals surface area (Å²) in [6.07, 6.45) is 0. The largest absolute Gasteiger partial charge is 0.465 e. The third kappa shape index (κ3) is 1.98. The topological polar surface area (TPSA) is 52.1 Å². The van der Waals surface area contributed by atoms with E-state index in [0.29, 0.717) is 10.6 Å². The number of methoxy groups -OCH3 is 1. The summed E-state index contributed by atoms with van der Waals surface area (Å²) in [6, 6.07) is 0. The molecule has 84 valence electrons. The van der Waals surface area contributed by atoms with Crippen LogP contribution in [0.1, 0.15) is 20.4 Å². The van der Waals surface area contributed by atoms with Crippen molar-refractivity contribution >= 4 is 28.6 Å². The number of aromatic nitrogens is 2. The Hall–Kier alpha value is -1.27. The number of ether oxygens (including phenoxy) is 1. The molecule has 4 nitrogen and oxygen atoms in total. The van der Waals surface area contributed by atoms with E-state index in [1.807, 2.05) is 12.3 Å². The van der Waals surface area contributed by atoms with E-state index in [-0.39, 0.29) is 5.97 Å². The summed E-state index contributed by atoms with van der Waals surface area (Å²) in [5.41, 5.74) is 1.52. The van der Waals surface area contributed by atoms with E-state index in [1.165, 1.54) is 18.4 Å². The highest BCUT2D eigenvalue weighted by Crippen LogP contribution is 2.28. The molecule has 0 atom stereocenters. The van der Waals surface area contributed by atoms with E-state index in [9.17, 15) is 4.79 Å². The van der Waals surface area contributed by atoms with Crippen LogP contribution in [0.3, 0.4) is 0 Å². The Balaban J connectivity index is 2.41. The van der Waals surface area contributed by atoms with Crippen LogP contribution in [0.5, 0.6) is 0 Å². The molecular formula is C10H10N2O2S2. The van der Waals surface area contributed by atoms with Crippen molar-refractivity contribution in [3.05, 3.63) is 21.0 Å². The van der Waals surface area contributed by atoms with Gasteiger partial charge in [-0.15, -0.1) is 22.7 Å². The van der Waals surface area contributed by atoms with Crippen molar-refractivity contribution in [1.29, 1.82) is 0 Å². The minimum Gasteiger partial charge on any atom is -0.465 e. The maximum atomic E-state index is 11.4. The van der Waals surface area contributed by atoms with Gasteiger partial charge in [0, 0.05) is 5.38 Å². The number of nitrogens with zero attached hydrogens (tertiary/aromatic N) is 2. The Kier molecular flexibility index (Phi) is 3.02. The van der Waals surface area contributed by atoms with Crippen LogP contribution in [0.4, 0.5) is 0 Å². The molecule has 16 heavy (non-hydrogen) atoms. The van der Waals surface area contributed by atoms with Crippen molar-refractivity contribution in [1.82, 2.24) is 9.97 Å². The molecule has 2 aromatic heterocycles. The molecule has 0 radical (unpaired) electrons. The number of thiazole rings is 2. The summed E-state index contributed by atoms with van der Waals surface area (Å²) in [6.45, 7) is 3.74. The first-order valence-corrected chi connectivity index (χ1v) is 6.29. The van der Waals surface area contributed by atoms with Crippen LogP contribution in [0, 0.1) is 13.8 Å². The Bertz CT molecular complexity index is 531. The molecule has 0 aliphatic heterocycles. The zero-order chi connectivity index (χ0) is 11.7. The zero-order valence-electron chi connectivity index (χ0n) is 9.10. The van der Waals surface area contributed by atoms with Crippen LogP contribution in [0.15, 0.2) is 5.38 Å². The Morgan fingerprint density at radius 1 is 1.38 bits per heavy atom. The van der Waals surface area contributed by atoms with E-state index >= 15 is 0 Å². The first-order valence-electron chi connectivity index (χ1n) is 4.60. The van der Waals surface area contributed by atoms with Crippen LogP contribution in [-0.4, -0.2) is 23.0 Å². The lowest BCUT2D eigenvalue weighted by atomic mass is 10.4. The lowest BCUT2D eigenvalue weighted by Gasteiger charge is -1.93. The standard InChI is InChI=1S/C10H10N2O2S2/c1-5-8(10(13)14-3)16-9(11-5)7-4-15-6(2)12-7/h4H,1-3H3. The van der Waals surface area contributed by atoms with Crippen molar-refractivity contribution < 1.29 is 9.53 Å². The van der Waals surface area contributed by atoms with Crippen molar-refractivity contribution in [3.8, 4) is 10.7 Å². The summed E-state index contributed by atoms with van der Waals surface area (Å²) in [7, 11) is 1.37. The highest BCUT2D eigenvalue weighted by molar-refractivity contribution is 7.17. The van der Waals surface area contributed by atoms with Gasteiger partial charge in [0.2, 0.25) is 0 Å². The monoisotopic (exact) mass is 254 g/mol. The predicted octanol–water partition coefficient (Wildman–Crippen LogP) is 2.67. The molecule has 0 spiro atoms. The fourth-order valence-corrected chi connectivity index (χ4v) is 2.87. The summed E-state index contributed by atoms with van der Waals surface area (Å²) >= 11 is 2.89. The van der Waals surface area contributed by atoms with E-state index in [0.717, 1.165) is 15.7 Å². The number of esters is 1. The summed E-state index contributed by atoms with van der Waals surface area (Å²) in [5, 5.41) is 3.69. The molecule has 0 aliphatic rings. The molecule has 6 heteroatoms. The number of aryl methyl sites for hydroxylation is 2. The molecule has 0 saturated carbocycles. The van der Waals surface area contributed by atoms with Gasteiger partial charge in [-0.3, -0.25) is 0 Å². The van der Waals surface area contributed by atoms with Crippen molar-refractivity contribution in [3.63, 3.8) is 0 Å². The average Bonchev–Trinajstić information content (AvgIpc) is 2.83. The van der Waals surface area contributed by atoms with Crippen LogP contribution in [0.2, 0.25) is 0 Å². The lowest BCUT2D eigenvalue weighted by Crippen LogP contribution is -1.99. The van der Waals surface area contributed by atoms with E-state index < -0.39 is 0 Å². The smallest absolute Gasteiger partial charge is 0.349 e. The van der Waals surface area contributed by atoms with Gasteiger partial charge in [-0.2, -0.15) is 0 Å². The van der Waals surface area contributed by atoms with Crippen molar-refractivity contribution in [2.24, 2.45) is 0 Å². The maximum Gasteiger partial charge on any atom is 0.349 e. The van der Waals surface area contributed by atoms with Crippen LogP contribution < -0.4 is 0 Å². The summed E-state index contributed by atoms with van der Waals surface area (Å²) in [5.74, 6) is -0.340. The number of carbonyl (C=O) groups is 1. The first kappa shape index (κ1) is 11.2. The van der Waals surface area contributed by atoms with Crippen molar-refractivity contribution in [2.45, 2.75) is 13.8 Å². The third-order valence-corrected chi connectivity index (χ3v) is 3.94. The average molecular weight is 254 g/mol. The molecule has 2 aromatic rings. The van der Waals surface area contributed by atoms with Gasteiger partial charge in [0.05, 0.1) is 17.8 Å². The minimum atomic E-state index is -0.340. The number of rotatable bonds is 2. The molecule has 2 rings (SSSR count). The predicted molar refractivity (Wildman–Crippen MR) is 64.0 cm³/mol.